The molecule has 98 valence electrons. The predicted octanol–water partition coefficient (Wildman–Crippen LogP) is 0.792. The van der Waals surface area contributed by atoms with E-state index in [-0.39, 0.29) is 18.4 Å². The second kappa shape index (κ2) is 6.00. The number of rotatable bonds is 4. The molecule has 0 bridgehead atoms. The highest BCUT2D eigenvalue weighted by molar-refractivity contribution is 5.86. The predicted molar refractivity (Wildman–Crippen MR) is 64.8 cm³/mol. The molecule has 2 atom stereocenters. The Morgan fingerprint density at radius 3 is 2.71 bits per heavy atom. The quantitative estimate of drug-likeness (QED) is 0.792. The van der Waals surface area contributed by atoms with E-state index in [2.05, 4.69) is 6.92 Å². The van der Waals surface area contributed by atoms with E-state index in [4.69, 9.17) is 5.11 Å². The number of carbonyl (C=O) groups is 2. The number of aliphatic carboxylic acids is 1. The van der Waals surface area contributed by atoms with E-state index >= 15 is 0 Å². The summed E-state index contributed by atoms with van der Waals surface area (Å²) in [5.74, 6) is -0.975. The zero-order valence-electron chi connectivity index (χ0n) is 10.8. The van der Waals surface area contributed by atoms with Crippen molar-refractivity contribution in [2.45, 2.75) is 45.2 Å². The molecule has 1 N–H and O–H groups in total. The Bertz CT molecular complexity index is 293. The second-order valence-corrected chi connectivity index (χ2v) is 4.72. The summed E-state index contributed by atoms with van der Waals surface area (Å²) in [6.07, 6.45) is 1.73. The molecule has 0 saturated carbocycles. The van der Waals surface area contributed by atoms with Gasteiger partial charge >= 0.3 is 5.97 Å². The first-order valence-electron chi connectivity index (χ1n) is 6.19. The summed E-state index contributed by atoms with van der Waals surface area (Å²) in [6.45, 7) is 5.61. The van der Waals surface area contributed by atoms with Crippen molar-refractivity contribution in [3.8, 4) is 0 Å². The number of amides is 1. The fourth-order valence-corrected chi connectivity index (χ4v) is 2.28. The molecular weight excluding hydrogens is 220 g/mol. The van der Waals surface area contributed by atoms with E-state index in [1.807, 2.05) is 11.8 Å². The maximum Gasteiger partial charge on any atom is 0.305 e. The summed E-state index contributed by atoms with van der Waals surface area (Å²) >= 11 is 0. The smallest absolute Gasteiger partial charge is 0.305 e. The van der Waals surface area contributed by atoms with Crippen LogP contribution in [0.2, 0.25) is 0 Å². The molecule has 0 aliphatic carbocycles. The number of hydrogen-bond acceptors (Lipinski definition) is 3. The summed E-state index contributed by atoms with van der Waals surface area (Å²) < 4.78 is 0. The number of likely N-dealkylation sites (N-methyl/N-ethyl adjacent to an activating group) is 1. The van der Waals surface area contributed by atoms with Crippen LogP contribution in [0.4, 0.5) is 0 Å². The highest BCUT2D eigenvalue weighted by Crippen LogP contribution is 2.18. The van der Waals surface area contributed by atoms with E-state index in [0.29, 0.717) is 6.54 Å². The Balaban J connectivity index is 2.90. The molecule has 1 saturated heterocycles. The zero-order chi connectivity index (χ0) is 13.0. The molecule has 0 spiro atoms. The minimum atomic E-state index is -0.910. The first-order chi connectivity index (χ1) is 7.97. The number of carboxylic acid groups (broad SMARTS) is 1. The maximum atomic E-state index is 12.1. The molecule has 17 heavy (non-hydrogen) atoms. The van der Waals surface area contributed by atoms with Crippen molar-refractivity contribution < 1.29 is 14.7 Å². The fourth-order valence-electron chi connectivity index (χ4n) is 2.28. The summed E-state index contributed by atoms with van der Waals surface area (Å²) in [7, 11) is 1.75. The van der Waals surface area contributed by atoms with Crippen molar-refractivity contribution in [1.29, 1.82) is 0 Å². The Morgan fingerprint density at radius 1 is 1.53 bits per heavy atom. The van der Waals surface area contributed by atoms with Crippen LogP contribution in [0, 0.1) is 0 Å². The van der Waals surface area contributed by atoms with E-state index in [9.17, 15) is 9.59 Å². The standard InChI is InChI=1S/C12H22N2O3/c1-4-9(2)14-7-5-6-13(3)12(17)10(14)8-11(15)16/h9-10H,4-8H2,1-3H3,(H,15,16). The van der Waals surface area contributed by atoms with Gasteiger partial charge in [0, 0.05) is 26.2 Å². The maximum absolute atomic E-state index is 12.1. The van der Waals surface area contributed by atoms with Crippen molar-refractivity contribution >= 4 is 11.9 Å². The van der Waals surface area contributed by atoms with Gasteiger partial charge in [0.25, 0.3) is 0 Å². The van der Waals surface area contributed by atoms with Crippen LogP contribution in [0.1, 0.15) is 33.1 Å². The van der Waals surface area contributed by atoms with Crippen LogP contribution in [0.3, 0.4) is 0 Å². The van der Waals surface area contributed by atoms with Gasteiger partial charge in [-0.1, -0.05) is 6.92 Å². The van der Waals surface area contributed by atoms with E-state index in [1.54, 1.807) is 11.9 Å². The molecule has 1 heterocycles. The highest BCUT2D eigenvalue weighted by atomic mass is 16.4. The first-order valence-corrected chi connectivity index (χ1v) is 6.19. The van der Waals surface area contributed by atoms with Gasteiger partial charge in [-0.15, -0.1) is 0 Å². The monoisotopic (exact) mass is 242 g/mol. The van der Waals surface area contributed by atoms with Crippen molar-refractivity contribution in [1.82, 2.24) is 9.80 Å². The van der Waals surface area contributed by atoms with Gasteiger partial charge in [0.15, 0.2) is 0 Å². The summed E-state index contributed by atoms with van der Waals surface area (Å²) in [4.78, 5) is 26.7. The SMILES string of the molecule is CCC(C)N1CCCN(C)C(=O)C1CC(=O)O. The fraction of sp³-hybridized carbons (Fsp3) is 0.833. The number of carbonyl (C=O) groups excluding carboxylic acids is 1. The number of hydrogen-bond donors (Lipinski definition) is 1. The van der Waals surface area contributed by atoms with Crippen molar-refractivity contribution in [2.24, 2.45) is 0 Å². The molecule has 1 aliphatic rings. The Hall–Kier alpha value is -1.10. The van der Waals surface area contributed by atoms with Crippen molar-refractivity contribution in [2.75, 3.05) is 20.1 Å². The van der Waals surface area contributed by atoms with E-state index in [0.717, 1.165) is 19.4 Å². The third-order valence-corrected chi connectivity index (χ3v) is 3.50. The van der Waals surface area contributed by atoms with E-state index in [1.165, 1.54) is 0 Å². The average Bonchev–Trinajstić information content (AvgIpc) is 2.41. The molecule has 0 radical (unpaired) electrons. The molecule has 0 aromatic heterocycles. The lowest BCUT2D eigenvalue weighted by Gasteiger charge is -2.33. The lowest BCUT2D eigenvalue weighted by atomic mass is 10.1. The van der Waals surface area contributed by atoms with Gasteiger partial charge in [-0.25, -0.2) is 0 Å². The molecule has 1 aliphatic heterocycles. The Labute approximate surface area is 102 Å². The molecule has 0 aromatic rings. The Morgan fingerprint density at radius 2 is 2.18 bits per heavy atom. The summed E-state index contributed by atoms with van der Waals surface area (Å²) in [5.41, 5.74) is 0. The summed E-state index contributed by atoms with van der Waals surface area (Å²) in [5, 5.41) is 8.94. The third-order valence-electron chi connectivity index (χ3n) is 3.50. The van der Waals surface area contributed by atoms with Crippen LogP contribution in [-0.4, -0.2) is 59.0 Å². The van der Waals surface area contributed by atoms with Crippen LogP contribution in [0.5, 0.6) is 0 Å². The van der Waals surface area contributed by atoms with Gasteiger partial charge in [-0.05, 0) is 19.8 Å². The van der Waals surface area contributed by atoms with Gasteiger partial charge in [0.2, 0.25) is 5.91 Å². The van der Waals surface area contributed by atoms with Crippen LogP contribution < -0.4 is 0 Å². The molecular formula is C12H22N2O3. The Kier molecular flexibility index (Phi) is 4.93. The topological polar surface area (TPSA) is 60.9 Å². The molecule has 1 rings (SSSR count). The van der Waals surface area contributed by atoms with Crippen LogP contribution >= 0.6 is 0 Å². The van der Waals surface area contributed by atoms with Gasteiger partial charge < -0.3 is 10.0 Å². The van der Waals surface area contributed by atoms with Gasteiger partial charge in [0.05, 0.1) is 6.42 Å². The lowest BCUT2D eigenvalue weighted by molar-refractivity contribution is -0.144. The number of nitrogens with zero attached hydrogens (tertiary/aromatic N) is 2. The van der Waals surface area contributed by atoms with Crippen LogP contribution in [0.25, 0.3) is 0 Å². The first kappa shape index (κ1) is 14.0. The minimum Gasteiger partial charge on any atom is -0.481 e. The highest BCUT2D eigenvalue weighted by Gasteiger charge is 2.34. The molecule has 1 fully saturated rings. The molecule has 5 nitrogen and oxygen atoms in total. The number of carboxylic acids is 1. The molecule has 1 amide bonds. The van der Waals surface area contributed by atoms with Crippen LogP contribution in [0.15, 0.2) is 0 Å². The largest absolute Gasteiger partial charge is 0.481 e. The third kappa shape index (κ3) is 3.43. The normalized spacial score (nSPS) is 24.5. The van der Waals surface area contributed by atoms with E-state index < -0.39 is 12.0 Å². The van der Waals surface area contributed by atoms with Crippen molar-refractivity contribution in [3.63, 3.8) is 0 Å². The van der Waals surface area contributed by atoms with Gasteiger partial charge in [0.1, 0.15) is 6.04 Å². The molecule has 0 aromatic carbocycles. The lowest BCUT2D eigenvalue weighted by Crippen LogP contribution is -2.49. The van der Waals surface area contributed by atoms with Gasteiger partial charge in [-0.2, -0.15) is 0 Å². The van der Waals surface area contributed by atoms with Gasteiger partial charge in [-0.3, -0.25) is 14.5 Å². The average molecular weight is 242 g/mol. The van der Waals surface area contributed by atoms with Crippen LogP contribution in [-0.2, 0) is 9.59 Å². The summed E-state index contributed by atoms with van der Waals surface area (Å²) in [6, 6.07) is -0.259. The van der Waals surface area contributed by atoms with Crippen molar-refractivity contribution in [3.05, 3.63) is 0 Å². The minimum absolute atomic E-state index is 0.0646. The second-order valence-electron chi connectivity index (χ2n) is 4.72. The molecule has 5 heteroatoms. The molecule has 2 unspecified atom stereocenters. The zero-order valence-corrected chi connectivity index (χ0v) is 10.8.